The molecule has 0 aliphatic carbocycles. The summed E-state index contributed by atoms with van der Waals surface area (Å²) in [6, 6.07) is 0. The molecule has 0 radical (unpaired) electrons. The fourth-order valence-electron chi connectivity index (χ4n) is 2.31. The molecule has 1 aromatic heterocycles. The van der Waals surface area contributed by atoms with Gasteiger partial charge in [0.1, 0.15) is 12.1 Å². The summed E-state index contributed by atoms with van der Waals surface area (Å²) in [4.78, 5) is 13.3. The molecule has 1 N–H and O–H groups in total. The lowest BCUT2D eigenvalue weighted by atomic mass is 10.1. The summed E-state index contributed by atoms with van der Waals surface area (Å²) < 4.78 is 0. The molecule has 0 atom stereocenters. The summed E-state index contributed by atoms with van der Waals surface area (Å²) in [7, 11) is 6.33. The van der Waals surface area contributed by atoms with Crippen LogP contribution in [-0.4, -0.2) is 55.6 Å². The molecule has 0 unspecified atom stereocenters. The molecule has 100 valence electrons. The second kappa shape index (κ2) is 6.11. The van der Waals surface area contributed by atoms with Crippen molar-refractivity contribution in [2.24, 2.45) is 0 Å². The summed E-state index contributed by atoms with van der Waals surface area (Å²) in [5.41, 5.74) is 2.48. The molecule has 1 aromatic rings. The zero-order valence-corrected chi connectivity index (χ0v) is 11.6. The zero-order chi connectivity index (χ0) is 13.0. The Morgan fingerprint density at radius 3 is 2.83 bits per heavy atom. The van der Waals surface area contributed by atoms with E-state index in [4.69, 9.17) is 0 Å². The molecule has 0 spiro atoms. The number of anilines is 1. The minimum atomic E-state index is 0.892. The number of rotatable bonds is 5. The van der Waals surface area contributed by atoms with Crippen molar-refractivity contribution in [1.29, 1.82) is 0 Å². The Kier molecular flexibility index (Phi) is 4.49. The molecule has 0 saturated carbocycles. The number of hydrogen-bond acceptors (Lipinski definition) is 5. The Hall–Kier alpha value is -1.20. The average molecular weight is 249 g/mol. The first-order chi connectivity index (χ1) is 8.68. The Morgan fingerprint density at radius 1 is 1.22 bits per heavy atom. The highest BCUT2D eigenvalue weighted by atomic mass is 15.2. The van der Waals surface area contributed by atoms with E-state index in [0.717, 1.165) is 44.8 Å². The first-order valence-electron chi connectivity index (χ1n) is 6.58. The van der Waals surface area contributed by atoms with Crippen molar-refractivity contribution in [3.63, 3.8) is 0 Å². The highest BCUT2D eigenvalue weighted by Gasteiger charge is 2.17. The number of nitrogens with one attached hydrogen (secondary N) is 1. The van der Waals surface area contributed by atoms with Gasteiger partial charge in [0, 0.05) is 38.7 Å². The monoisotopic (exact) mass is 249 g/mol. The number of nitrogens with zero attached hydrogens (tertiary/aromatic N) is 4. The van der Waals surface area contributed by atoms with Crippen molar-refractivity contribution >= 4 is 5.82 Å². The predicted molar refractivity (Wildman–Crippen MR) is 73.9 cm³/mol. The molecule has 0 saturated heterocycles. The summed E-state index contributed by atoms with van der Waals surface area (Å²) >= 11 is 0. The predicted octanol–water partition coefficient (Wildman–Crippen LogP) is 0.510. The largest absolute Gasteiger partial charge is 0.359 e. The van der Waals surface area contributed by atoms with Gasteiger partial charge in [-0.25, -0.2) is 9.97 Å². The van der Waals surface area contributed by atoms with Crippen molar-refractivity contribution in [2.75, 3.05) is 45.7 Å². The molecule has 0 aromatic carbocycles. The minimum Gasteiger partial charge on any atom is -0.359 e. The molecule has 18 heavy (non-hydrogen) atoms. The van der Waals surface area contributed by atoms with Crippen LogP contribution >= 0.6 is 0 Å². The van der Waals surface area contributed by atoms with Crippen molar-refractivity contribution in [2.45, 2.75) is 19.4 Å². The van der Waals surface area contributed by atoms with E-state index in [1.165, 1.54) is 11.3 Å². The normalized spacial score (nSPS) is 14.7. The molecule has 0 fully saturated rings. The van der Waals surface area contributed by atoms with Crippen LogP contribution in [0.2, 0.25) is 0 Å². The van der Waals surface area contributed by atoms with Gasteiger partial charge in [-0.15, -0.1) is 0 Å². The van der Waals surface area contributed by atoms with Crippen LogP contribution in [0.25, 0.3) is 0 Å². The van der Waals surface area contributed by atoms with Gasteiger partial charge in [0.25, 0.3) is 0 Å². The average Bonchev–Trinajstić information content (AvgIpc) is 2.37. The van der Waals surface area contributed by atoms with E-state index >= 15 is 0 Å². The van der Waals surface area contributed by atoms with E-state index in [-0.39, 0.29) is 0 Å². The van der Waals surface area contributed by atoms with Gasteiger partial charge in [0.15, 0.2) is 0 Å². The second-order valence-corrected chi connectivity index (χ2v) is 5.13. The molecular formula is C13H23N5. The Balaban J connectivity index is 2.03. The van der Waals surface area contributed by atoms with Crippen LogP contribution in [0.15, 0.2) is 6.33 Å². The van der Waals surface area contributed by atoms with Crippen LogP contribution in [0.5, 0.6) is 0 Å². The molecular weight excluding hydrogens is 226 g/mol. The van der Waals surface area contributed by atoms with Crippen molar-refractivity contribution < 1.29 is 0 Å². The van der Waals surface area contributed by atoms with Crippen molar-refractivity contribution in [1.82, 2.24) is 20.2 Å². The maximum Gasteiger partial charge on any atom is 0.136 e. The quantitative estimate of drug-likeness (QED) is 0.824. The Bertz CT molecular complexity index is 391. The summed E-state index contributed by atoms with van der Waals surface area (Å²) in [5, 5.41) is 3.40. The van der Waals surface area contributed by atoms with Crippen LogP contribution < -0.4 is 10.2 Å². The number of hydrogen-bond donors (Lipinski definition) is 1. The molecule has 1 aliphatic rings. The highest BCUT2D eigenvalue weighted by Crippen LogP contribution is 2.21. The maximum atomic E-state index is 4.45. The van der Waals surface area contributed by atoms with Gasteiger partial charge in [-0.05, 0) is 27.1 Å². The summed E-state index contributed by atoms with van der Waals surface area (Å²) in [5.74, 6) is 1.09. The van der Waals surface area contributed by atoms with E-state index < -0.39 is 0 Å². The van der Waals surface area contributed by atoms with E-state index in [1.54, 1.807) is 6.33 Å². The zero-order valence-electron chi connectivity index (χ0n) is 11.6. The molecule has 5 heteroatoms. The fourth-order valence-corrected chi connectivity index (χ4v) is 2.31. The lowest BCUT2D eigenvalue weighted by molar-refractivity contribution is 0.401. The third kappa shape index (κ3) is 3.17. The van der Waals surface area contributed by atoms with Gasteiger partial charge in [-0.2, -0.15) is 0 Å². The van der Waals surface area contributed by atoms with E-state index in [9.17, 15) is 0 Å². The highest BCUT2D eigenvalue weighted by molar-refractivity contribution is 5.48. The van der Waals surface area contributed by atoms with E-state index in [2.05, 4.69) is 46.2 Å². The van der Waals surface area contributed by atoms with E-state index in [0.29, 0.717) is 0 Å². The van der Waals surface area contributed by atoms with E-state index in [1.807, 2.05) is 0 Å². The first-order valence-corrected chi connectivity index (χ1v) is 6.58. The Morgan fingerprint density at radius 2 is 2.06 bits per heavy atom. The van der Waals surface area contributed by atoms with Crippen molar-refractivity contribution in [3.8, 4) is 0 Å². The first kappa shape index (κ1) is 13.2. The summed E-state index contributed by atoms with van der Waals surface area (Å²) in [6.07, 6.45) is 3.86. The van der Waals surface area contributed by atoms with Gasteiger partial charge in [-0.1, -0.05) is 0 Å². The van der Waals surface area contributed by atoms with Gasteiger partial charge < -0.3 is 15.1 Å². The van der Waals surface area contributed by atoms with Gasteiger partial charge in [0.05, 0.1) is 5.69 Å². The minimum absolute atomic E-state index is 0.892. The van der Waals surface area contributed by atoms with Crippen LogP contribution in [0, 0.1) is 0 Å². The lowest BCUT2D eigenvalue weighted by Crippen LogP contribution is -2.30. The maximum absolute atomic E-state index is 4.45. The van der Waals surface area contributed by atoms with Gasteiger partial charge in [-0.3, -0.25) is 0 Å². The standard InChI is InChI=1S/C13H23N5/c1-17(2)7-4-8-18(3)13-11-9-14-6-5-12(11)15-10-16-13/h10,14H,4-9H2,1-3H3. The smallest absolute Gasteiger partial charge is 0.136 e. The van der Waals surface area contributed by atoms with Crippen LogP contribution in [0.4, 0.5) is 5.82 Å². The molecule has 0 bridgehead atoms. The Labute approximate surface area is 109 Å². The number of fused-ring (bicyclic) bond motifs is 1. The van der Waals surface area contributed by atoms with Crippen molar-refractivity contribution in [3.05, 3.63) is 17.6 Å². The topological polar surface area (TPSA) is 44.3 Å². The number of aromatic nitrogens is 2. The molecule has 2 rings (SSSR count). The van der Waals surface area contributed by atoms with Crippen LogP contribution in [0.1, 0.15) is 17.7 Å². The second-order valence-electron chi connectivity index (χ2n) is 5.13. The van der Waals surface area contributed by atoms with Gasteiger partial charge >= 0.3 is 0 Å². The van der Waals surface area contributed by atoms with Gasteiger partial charge in [0.2, 0.25) is 0 Å². The lowest BCUT2D eigenvalue weighted by Gasteiger charge is -2.25. The molecule has 5 nitrogen and oxygen atoms in total. The molecule has 1 aliphatic heterocycles. The molecule has 2 heterocycles. The third-order valence-electron chi connectivity index (χ3n) is 3.31. The fraction of sp³-hybridized carbons (Fsp3) is 0.692. The van der Waals surface area contributed by atoms with Crippen LogP contribution in [-0.2, 0) is 13.0 Å². The molecule has 0 amide bonds. The van der Waals surface area contributed by atoms with Crippen LogP contribution in [0.3, 0.4) is 0 Å². The summed E-state index contributed by atoms with van der Waals surface area (Å²) in [6.45, 7) is 4.05. The SMILES string of the molecule is CN(C)CCCN(C)c1ncnc2c1CNCC2. The third-order valence-corrected chi connectivity index (χ3v) is 3.31.